The molecule has 1 atom stereocenters. The fourth-order valence-electron chi connectivity index (χ4n) is 2.05. The van der Waals surface area contributed by atoms with Crippen LogP contribution in [0.15, 0.2) is 34.3 Å². The third-order valence-corrected chi connectivity index (χ3v) is 2.95. The van der Waals surface area contributed by atoms with E-state index in [1.807, 2.05) is 31.2 Å². The van der Waals surface area contributed by atoms with Gasteiger partial charge in [-0.25, -0.2) is 4.99 Å². The van der Waals surface area contributed by atoms with E-state index in [1.165, 1.54) is 0 Å². The topological polar surface area (TPSA) is 43.2 Å². The van der Waals surface area contributed by atoms with Crippen LogP contribution in [0.1, 0.15) is 24.5 Å². The molecule has 0 saturated heterocycles. The molecule has 94 valence electrons. The molecule has 0 spiro atoms. The molecule has 18 heavy (non-hydrogen) atoms. The predicted octanol–water partition coefficient (Wildman–Crippen LogP) is 2.02. The van der Waals surface area contributed by atoms with E-state index in [4.69, 9.17) is 9.47 Å². The molecule has 1 aromatic carbocycles. The highest BCUT2D eigenvalue weighted by atomic mass is 16.5. The summed E-state index contributed by atoms with van der Waals surface area (Å²) in [5.41, 5.74) is 1.99. The molecule has 2 heterocycles. The molecular formula is C14H16N2O2. The lowest BCUT2D eigenvalue weighted by Crippen LogP contribution is -2.15. The summed E-state index contributed by atoms with van der Waals surface area (Å²) in [6, 6.07) is 8.27. The van der Waals surface area contributed by atoms with Crippen molar-refractivity contribution >= 4 is 11.8 Å². The Morgan fingerprint density at radius 2 is 2.00 bits per heavy atom. The van der Waals surface area contributed by atoms with Crippen LogP contribution in [0.2, 0.25) is 0 Å². The van der Waals surface area contributed by atoms with Gasteiger partial charge in [0.1, 0.15) is 6.61 Å². The van der Waals surface area contributed by atoms with E-state index < -0.39 is 0 Å². The molecule has 0 fully saturated rings. The average molecular weight is 244 g/mol. The van der Waals surface area contributed by atoms with Crippen LogP contribution in [0.25, 0.3) is 0 Å². The fourth-order valence-corrected chi connectivity index (χ4v) is 2.05. The molecule has 0 amide bonds. The van der Waals surface area contributed by atoms with Crippen molar-refractivity contribution in [2.75, 3.05) is 19.8 Å². The molecule has 4 heteroatoms. The van der Waals surface area contributed by atoms with Gasteiger partial charge in [-0.15, -0.1) is 0 Å². The third-order valence-electron chi connectivity index (χ3n) is 2.95. The second kappa shape index (κ2) is 4.80. The van der Waals surface area contributed by atoms with Crippen molar-refractivity contribution < 1.29 is 9.47 Å². The summed E-state index contributed by atoms with van der Waals surface area (Å²) >= 11 is 0. The van der Waals surface area contributed by atoms with Crippen LogP contribution in [0, 0.1) is 0 Å². The highest BCUT2D eigenvalue weighted by Gasteiger charge is 2.17. The summed E-state index contributed by atoms with van der Waals surface area (Å²) in [6.07, 6.45) is 0.997. The van der Waals surface area contributed by atoms with Gasteiger partial charge >= 0.3 is 0 Å². The standard InChI is InChI=1S/C14H16N2O2/c1-10-9-18-14(16-10)12-5-2-4-11(8-12)13-15-6-3-7-17-13/h2,4-5,8,10H,3,6-7,9H2,1H3. The number of ether oxygens (including phenoxy) is 2. The number of benzene rings is 1. The zero-order valence-electron chi connectivity index (χ0n) is 10.4. The Labute approximate surface area is 106 Å². The van der Waals surface area contributed by atoms with Gasteiger partial charge in [-0.1, -0.05) is 6.07 Å². The van der Waals surface area contributed by atoms with Crippen LogP contribution in [-0.4, -0.2) is 37.6 Å². The van der Waals surface area contributed by atoms with E-state index in [0.29, 0.717) is 6.61 Å². The maximum atomic E-state index is 5.57. The van der Waals surface area contributed by atoms with E-state index in [2.05, 4.69) is 9.98 Å². The quantitative estimate of drug-likeness (QED) is 0.798. The smallest absolute Gasteiger partial charge is 0.216 e. The summed E-state index contributed by atoms with van der Waals surface area (Å²) in [5, 5.41) is 0. The van der Waals surface area contributed by atoms with Crippen LogP contribution < -0.4 is 0 Å². The fraction of sp³-hybridized carbons (Fsp3) is 0.429. The van der Waals surface area contributed by atoms with E-state index in [9.17, 15) is 0 Å². The highest BCUT2D eigenvalue weighted by Crippen LogP contribution is 2.15. The minimum Gasteiger partial charge on any atom is -0.477 e. The van der Waals surface area contributed by atoms with Crippen molar-refractivity contribution in [3.63, 3.8) is 0 Å². The predicted molar refractivity (Wildman–Crippen MR) is 70.4 cm³/mol. The lowest BCUT2D eigenvalue weighted by atomic mass is 10.1. The van der Waals surface area contributed by atoms with Gasteiger partial charge in [0.2, 0.25) is 11.8 Å². The molecular weight excluding hydrogens is 228 g/mol. The Hall–Kier alpha value is -1.84. The van der Waals surface area contributed by atoms with Crippen molar-refractivity contribution in [1.29, 1.82) is 0 Å². The second-order valence-corrected chi connectivity index (χ2v) is 4.56. The van der Waals surface area contributed by atoms with Gasteiger partial charge in [0.15, 0.2) is 0 Å². The molecule has 0 N–H and O–H groups in total. The van der Waals surface area contributed by atoms with Crippen LogP contribution in [0.4, 0.5) is 0 Å². The van der Waals surface area contributed by atoms with Crippen LogP contribution in [0.3, 0.4) is 0 Å². The summed E-state index contributed by atoms with van der Waals surface area (Å²) < 4.78 is 11.1. The number of hydrogen-bond donors (Lipinski definition) is 0. The van der Waals surface area contributed by atoms with Gasteiger partial charge in [0.05, 0.1) is 12.6 Å². The molecule has 2 aliphatic rings. The first kappa shape index (κ1) is 11.3. The van der Waals surface area contributed by atoms with E-state index >= 15 is 0 Å². The van der Waals surface area contributed by atoms with E-state index in [-0.39, 0.29) is 6.04 Å². The van der Waals surface area contributed by atoms with Crippen molar-refractivity contribution in [2.24, 2.45) is 9.98 Å². The first-order valence-corrected chi connectivity index (χ1v) is 6.31. The maximum Gasteiger partial charge on any atom is 0.216 e. The van der Waals surface area contributed by atoms with Gasteiger partial charge in [0.25, 0.3) is 0 Å². The molecule has 0 bridgehead atoms. The Bertz CT molecular complexity index is 491. The average Bonchev–Trinajstić information content (AvgIpc) is 2.87. The number of nitrogens with zero attached hydrogens (tertiary/aromatic N) is 2. The number of rotatable bonds is 2. The monoisotopic (exact) mass is 244 g/mol. The van der Waals surface area contributed by atoms with E-state index in [1.54, 1.807) is 0 Å². The van der Waals surface area contributed by atoms with Gasteiger partial charge in [-0.2, -0.15) is 0 Å². The maximum absolute atomic E-state index is 5.57. The van der Waals surface area contributed by atoms with Crippen LogP contribution in [-0.2, 0) is 9.47 Å². The van der Waals surface area contributed by atoms with Crippen molar-refractivity contribution in [3.05, 3.63) is 35.4 Å². The summed E-state index contributed by atoms with van der Waals surface area (Å²) in [4.78, 5) is 8.85. The number of aliphatic imine (C=N–C) groups is 2. The Kier molecular flexibility index (Phi) is 3.00. The lowest BCUT2D eigenvalue weighted by Gasteiger charge is -2.14. The SMILES string of the molecule is CC1COC(c2cccc(C3=NCCCO3)c2)=N1. The molecule has 1 aromatic rings. The summed E-state index contributed by atoms with van der Waals surface area (Å²) in [7, 11) is 0. The molecule has 2 aliphatic heterocycles. The van der Waals surface area contributed by atoms with Crippen molar-refractivity contribution in [2.45, 2.75) is 19.4 Å². The lowest BCUT2D eigenvalue weighted by molar-refractivity contribution is 0.284. The number of hydrogen-bond acceptors (Lipinski definition) is 4. The van der Waals surface area contributed by atoms with Crippen LogP contribution in [0.5, 0.6) is 0 Å². The zero-order chi connectivity index (χ0) is 12.4. The van der Waals surface area contributed by atoms with Gasteiger partial charge in [-0.05, 0) is 25.1 Å². The summed E-state index contributed by atoms with van der Waals surface area (Å²) in [5.74, 6) is 1.45. The molecule has 1 unspecified atom stereocenters. The molecule has 0 radical (unpaired) electrons. The molecule has 0 aliphatic carbocycles. The van der Waals surface area contributed by atoms with Crippen LogP contribution >= 0.6 is 0 Å². The van der Waals surface area contributed by atoms with Crippen molar-refractivity contribution in [1.82, 2.24) is 0 Å². The Balaban J connectivity index is 1.89. The van der Waals surface area contributed by atoms with Gasteiger partial charge in [-0.3, -0.25) is 4.99 Å². The van der Waals surface area contributed by atoms with Crippen molar-refractivity contribution in [3.8, 4) is 0 Å². The van der Waals surface area contributed by atoms with E-state index in [0.717, 1.165) is 42.5 Å². The first-order chi connectivity index (χ1) is 8.83. The normalized spacial score (nSPS) is 22.8. The first-order valence-electron chi connectivity index (χ1n) is 6.31. The largest absolute Gasteiger partial charge is 0.477 e. The second-order valence-electron chi connectivity index (χ2n) is 4.56. The molecule has 0 saturated carbocycles. The Morgan fingerprint density at radius 3 is 2.67 bits per heavy atom. The zero-order valence-corrected chi connectivity index (χ0v) is 10.4. The molecule has 3 rings (SSSR count). The Morgan fingerprint density at radius 1 is 1.17 bits per heavy atom. The molecule has 4 nitrogen and oxygen atoms in total. The third kappa shape index (κ3) is 2.23. The highest BCUT2D eigenvalue weighted by molar-refractivity contribution is 6.00. The van der Waals surface area contributed by atoms with Gasteiger partial charge < -0.3 is 9.47 Å². The molecule has 0 aromatic heterocycles. The summed E-state index contributed by atoms with van der Waals surface area (Å²) in [6.45, 7) is 4.30. The van der Waals surface area contributed by atoms with Gasteiger partial charge in [0, 0.05) is 24.1 Å². The minimum atomic E-state index is 0.243. The minimum absolute atomic E-state index is 0.243.